The first-order valence-electron chi connectivity index (χ1n) is 6.85. The number of halogens is 1. The number of carboxylic acid groups (broad SMARTS) is 1. The lowest BCUT2D eigenvalue weighted by Crippen LogP contribution is -2.39. The number of rotatable bonds is 2. The minimum atomic E-state index is -2.37. The molecule has 8 heteroatoms. The third-order valence-corrected chi connectivity index (χ3v) is 3.97. The normalized spacial score (nSPS) is 21.5. The molecule has 1 unspecified atom stereocenters. The number of alkyl halides is 1. The largest absolute Gasteiger partial charge is 0.479 e. The zero-order valence-electron chi connectivity index (χ0n) is 12.2. The van der Waals surface area contributed by atoms with E-state index in [9.17, 15) is 14.0 Å². The Hall–Kier alpha value is -2.51. The molecule has 0 aliphatic carbocycles. The number of carboxylic acids is 1. The van der Waals surface area contributed by atoms with Crippen LogP contribution in [0.3, 0.4) is 0 Å². The number of fused-ring (bicyclic) bond motifs is 1. The molecule has 0 bridgehead atoms. The van der Waals surface area contributed by atoms with Crippen molar-refractivity contribution in [1.82, 2.24) is 19.5 Å². The highest BCUT2D eigenvalue weighted by Gasteiger charge is 2.47. The third kappa shape index (κ3) is 2.11. The van der Waals surface area contributed by atoms with Crippen molar-refractivity contribution < 1.29 is 19.1 Å². The maximum absolute atomic E-state index is 14.1. The fourth-order valence-electron chi connectivity index (χ4n) is 2.66. The van der Waals surface area contributed by atoms with Crippen LogP contribution in [-0.2, 0) is 4.79 Å². The SMILES string of the molecule is Cc1cc2ncc(C(=O)N3CCC(F)(C(=O)O)C3)c(C)n2n1. The van der Waals surface area contributed by atoms with E-state index in [0.29, 0.717) is 16.9 Å². The van der Waals surface area contributed by atoms with Crippen LogP contribution in [-0.4, -0.2) is 55.2 Å². The molecule has 1 aliphatic rings. The van der Waals surface area contributed by atoms with Gasteiger partial charge in [0.05, 0.1) is 23.5 Å². The van der Waals surface area contributed by atoms with E-state index in [1.807, 2.05) is 6.92 Å². The second kappa shape index (κ2) is 4.75. The van der Waals surface area contributed by atoms with E-state index in [-0.39, 0.29) is 13.0 Å². The average Bonchev–Trinajstić information content (AvgIpc) is 3.03. The number of hydrogen-bond acceptors (Lipinski definition) is 4. The van der Waals surface area contributed by atoms with Crippen molar-refractivity contribution in [2.24, 2.45) is 0 Å². The number of likely N-dealkylation sites (tertiary alicyclic amines) is 1. The molecule has 1 N–H and O–H groups in total. The Morgan fingerprint density at radius 3 is 2.77 bits per heavy atom. The van der Waals surface area contributed by atoms with Gasteiger partial charge in [0.25, 0.3) is 5.91 Å². The molecule has 3 rings (SSSR count). The highest BCUT2D eigenvalue weighted by atomic mass is 19.1. The second-order valence-corrected chi connectivity index (χ2v) is 5.56. The van der Waals surface area contributed by atoms with Crippen LogP contribution in [0.2, 0.25) is 0 Å². The number of aliphatic carboxylic acids is 1. The quantitative estimate of drug-likeness (QED) is 0.893. The summed E-state index contributed by atoms with van der Waals surface area (Å²) in [4.78, 5) is 28.8. The predicted octanol–water partition coefficient (Wildman–Crippen LogP) is 0.985. The zero-order chi connectivity index (χ0) is 16.1. The minimum absolute atomic E-state index is 0.0667. The van der Waals surface area contributed by atoms with E-state index in [2.05, 4.69) is 10.1 Å². The van der Waals surface area contributed by atoms with Crippen molar-refractivity contribution in [2.75, 3.05) is 13.1 Å². The van der Waals surface area contributed by atoms with Crippen molar-refractivity contribution in [3.05, 3.63) is 29.2 Å². The Kier molecular flexibility index (Phi) is 3.12. The smallest absolute Gasteiger partial charge is 0.343 e. The second-order valence-electron chi connectivity index (χ2n) is 5.56. The Morgan fingerprint density at radius 1 is 1.41 bits per heavy atom. The Bertz CT molecular complexity index is 788. The van der Waals surface area contributed by atoms with Gasteiger partial charge in [-0.15, -0.1) is 0 Å². The summed E-state index contributed by atoms with van der Waals surface area (Å²) < 4.78 is 15.6. The third-order valence-electron chi connectivity index (χ3n) is 3.97. The number of aryl methyl sites for hydroxylation is 2. The van der Waals surface area contributed by atoms with Crippen LogP contribution >= 0.6 is 0 Å². The Morgan fingerprint density at radius 2 is 2.14 bits per heavy atom. The number of nitrogens with zero attached hydrogens (tertiary/aromatic N) is 4. The van der Waals surface area contributed by atoms with Gasteiger partial charge in [0.2, 0.25) is 5.67 Å². The van der Waals surface area contributed by atoms with Gasteiger partial charge in [-0.3, -0.25) is 4.79 Å². The Balaban J connectivity index is 1.93. The van der Waals surface area contributed by atoms with Gasteiger partial charge in [0, 0.05) is 25.2 Å². The first-order chi connectivity index (χ1) is 10.3. The Labute approximate surface area is 125 Å². The number of carbonyl (C=O) groups excluding carboxylic acids is 1. The molecule has 1 fully saturated rings. The molecule has 2 aromatic heterocycles. The fraction of sp³-hybridized carbons (Fsp3) is 0.429. The molecule has 7 nitrogen and oxygen atoms in total. The van der Waals surface area contributed by atoms with Crippen LogP contribution in [0.15, 0.2) is 12.3 Å². The molecule has 1 saturated heterocycles. The van der Waals surface area contributed by atoms with E-state index < -0.39 is 24.1 Å². The summed E-state index contributed by atoms with van der Waals surface area (Å²) in [6, 6.07) is 1.79. The van der Waals surface area contributed by atoms with E-state index in [1.165, 1.54) is 11.1 Å². The maximum Gasteiger partial charge on any atom is 0.343 e. The summed E-state index contributed by atoms with van der Waals surface area (Å²) in [6.45, 7) is 3.17. The van der Waals surface area contributed by atoms with Gasteiger partial charge >= 0.3 is 5.97 Å². The summed E-state index contributed by atoms with van der Waals surface area (Å²) in [5.41, 5.74) is -0.0861. The molecule has 0 spiro atoms. The highest BCUT2D eigenvalue weighted by molar-refractivity contribution is 5.96. The van der Waals surface area contributed by atoms with Crippen molar-refractivity contribution in [2.45, 2.75) is 25.9 Å². The molecule has 0 radical (unpaired) electrons. The molecule has 22 heavy (non-hydrogen) atoms. The molecule has 0 saturated carbocycles. The lowest BCUT2D eigenvalue weighted by molar-refractivity contribution is -0.149. The molecule has 1 aliphatic heterocycles. The van der Waals surface area contributed by atoms with E-state index in [0.717, 1.165) is 5.69 Å². The summed E-state index contributed by atoms with van der Waals surface area (Å²) in [5, 5.41) is 13.2. The van der Waals surface area contributed by atoms with Crippen LogP contribution in [0.5, 0.6) is 0 Å². The summed E-state index contributed by atoms with van der Waals surface area (Å²) in [6.07, 6.45) is 1.22. The summed E-state index contributed by atoms with van der Waals surface area (Å²) >= 11 is 0. The summed E-state index contributed by atoms with van der Waals surface area (Å²) in [5.74, 6) is -1.96. The lowest BCUT2D eigenvalue weighted by atomic mass is 10.1. The topological polar surface area (TPSA) is 87.8 Å². The molecule has 116 valence electrons. The zero-order valence-corrected chi connectivity index (χ0v) is 12.2. The van der Waals surface area contributed by atoms with E-state index in [4.69, 9.17) is 5.11 Å². The van der Waals surface area contributed by atoms with Gasteiger partial charge < -0.3 is 10.0 Å². The van der Waals surface area contributed by atoms with Gasteiger partial charge in [-0.25, -0.2) is 18.7 Å². The fourth-order valence-corrected chi connectivity index (χ4v) is 2.66. The molecular weight excluding hydrogens is 291 g/mol. The van der Waals surface area contributed by atoms with Crippen LogP contribution < -0.4 is 0 Å². The standard InChI is InChI=1S/C14H15FN4O3/c1-8-5-11-16-6-10(9(2)19(11)17-8)12(20)18-4-3-14(15,7-18)13(21)22/h5-6H,3-4,7H2,1-2H3,(H,21,22). The minimum Gasteiger partial charge on any atom is -0.479 e. The van der Waals surface area contributed by atoms with Crippen LogP contribution in [0.1, 0.15) is 28.2 Å². The maximum atomic E-state index is 14.1. The molecule has 0 aromatic carbocycles. The number of hydrogen-bond donors (Lipinski definition) is 1. The molecule has 1 atom stereocenters. The molecular formula is C14H15FN4O3. The summed E-state index contributed by atoms with van der Waals surface area (Å²) in [7, 11) is 0. The molecule has 2 aromatic rings. The number of aromatic nitrogens is 3. The molecule has 3 heterocycles. The predicted molar refractivity (Wildman–Crippen MR) is 74.5 cm³/mol. The van der Waals surface area contributed by atoms with E-state index in [1.54, 1.807) is 17.5 Å². The van der Waals surface area contributed by atoms with Gasteiger partial charge in [0.15, 0.2) is 5.65 Å². The van der Waals surface area contributed by atoms with Gasteiger partial charge in [-0.05, 0) is 13.8 Å². The van der Waals surface area contributed by atoms with Crippen molar-refractivity contribution in [1.29, 1.82) is 0 Å². The molecule has 1 amide bonds. The van der Waals surface area contributed by atoms with Crippen molar-refractivity contribution in [3.63, 3.8) is 0 Å². The van der Waals surface area contributed by atoms with Crippen LogP contribution in [0.4, 0.5) is 4.39 Å². The number of amides is 1. The van der Waals surface area contributed by atoms with Gasteiger partial charge in [-0.1, -0.05) is 0 Å². The van der Waals surface area contributed by atoms with Crippen molar-refractivity contribution in [3.8, 4) is 0 Å². The average molecular weight is 306 g/mol. The monoisotopic (exact) mass is 306 g/mol. The van der Waals surface area contributed by atoms with Crippen molar-refractivity contribution >= 4 is 17.5 Å². The first-order valence-corrected chi connectivity index (χ1v) is 6.85. The lowest BCUT2D eigenvalue weighted by Gasteiger charge is -2.18. The van der Waals surface area contributed by atoms with E-state index >= 15 is 0 Å². The highest BCUT2D eigenvalue weighted by Crippen LogP contribution is 2.27. The van der Waals surface area contributed by atoms with Crippen LogP contribution in [0.25, 0.3) is 5.65 Å². The van der Waals surface area contributed by atoms with Gasteiger partial charge in [0.1, 0.15) is 0 Å². The van der Waals surface area contributed by atoms with Gasteiger partial charge in [-0.2, -0.15) is 5.10 Å². The number of carbonyl (C=O) groups is 2. The first kappa shape index (κ1) is 14.4. The van der Waals surface area contributed by atoms with Crippen LogP contribution in [0, 0.1) is 13.8 Å².